The van der Waals surface area contributed by atoms with E-state index in [0.717, 1.165) is 56.8 Å². The van der Waals surface area contributed by atoms with E-state index in [9.17, 15) is 4.79 Å². The predicted molar refractivity (Wildman–Crippen MR) is 117 cm³/mol. The first kappa shape index (κ1) is 21.3. The number of amides is 1. The van der Waals surface area contributed by atoms with E-state index >= 15 is 0 Å². The maximum atomic E-state index is 13.1. The summed E-state index contributed by atoms with van der Waals surface area (Å²) in [7, 11) is 1.70. The lowest BCUT2D eigenvalue weighted by Crippen LogP contribution is -2.47. The number of methoxy groups -OCH3 is 1. The Labute approximate surface area is 174 Å². The topological polar surface area (TPSA) is 53.6 Å². The number of carbonyl (C=O) groups excluding carboxylic acids is 1. The maximum Gasteiger partial charge on any atom is 0.239 e. The highest BCUT2D eigenvalue weighted by Crippen LogP contribution is 2.20. The second kappa shape index (κ2) is 11.0. The molecule has 2 aromatic rings. The molecule has 5 nitrogen and oxygen atoms in total. The molecule has 1 amide bonds. The van der Waals surface area contributed by atoms with Crippen molar-refractivity contribution in [3.8, 4) is 5.75 Å². The summed E-state index contributed by atoms with van der Waals surface area (Å²) in [6.07, 6.45) is 2.57. The molecule has 1 saturated heterocycles. The van der Waals surface area contributed by atoms with Gasteiger partial charge in [0, 0.05) is 32.2 Å². The SMILES string of the molecule is CCC(NCCc1ccccc1OC)C(=O)N1CCNC(c2ccccc2)CC1. The van der Waals surface area contributed by atoms with Gasteiger partial charge in [0.15, 0.2) is 0 Å². The van der Waals surface area contributed by atoms with E-state index in [-0.39, 0.29) is 11.9 Å². The van der Waals surface area contributed by atoms with Crippen LogP contribution in [0.3, 0.4) is 0 Å². The van der Waals surface area contributed by atoms with E-state index in [0.29, 0.717) is 6.04 Å². The first-order valence-electron chi connectivity index (χ1n) is 10.6. The van der Waals surface area contributed by atoms with Crippen LogP contribution in [0.5, 0.6) is 5.75 Å². The summed E-state index contributed by atoms with van der Waals surface area (Å²) in [5.41, 5.74) is 2.46. The first-order valence-corrected chi connectivity index (χ1v) is 10.6. The molecule has 29 heavy (non-hydrogen) atoms. The molecule has 1 aliphatic rings. The molecule has 0 bridgehead atoms. The fourth-order valence-electron chi connectivity index (χ4n) is 3.98. The van der Waals surface area contributed by atoms with Gasteiger partial charge in [-0.25, -0.2) is 0 Å². The zero-order valence-corrected chi connectivity index (χ0v) is 17.6. The molecule has 1 fully saturated rings. The Balaban J connectivity index is 1.52. The highest BCUT2D eigenvalue weighted by Gasteiger charge is 2.25. The lowest BCUT2D eigenvalue weighted by molar-refractivity contribution is -0.133. The summed E-state index contributed by atoms with van der Waals surface area (Å²) in [5.74, 6) is 1.11. The number of ether oxygens (including phenoxy) is 1. The Kier molecular flexibility index (Phi) is 8.08. The van der Waals surface area contributed by atoms with Crippen LogP contribution in [0.15, 0.2) is 54.6 Å². The van der Waals surface area contributed by atoms with E-state index < -0.39 is 0 Å². The summed E-state index contributed by atoms with van der Waals surface area (Å²) in [6, 6.07) is 18.7. The van der Waals surface area contributed by atoms with Crippen LogP contribution < -0.4 is 15.4 Å². The van der Waals surface area contributed by atoms with Gasteiger partial charge in [0.25, 0.3) is 0 Å². The Morgan fingerprint density at radius 2 is 1.93 bits per heavy atom. The third-order valence-corrected chi connectivity index (χ3v) is 5.66. The minimum atomic E-state index is -0.141. The average molecular weight is 396 g/mol. The minimum absolute atomic E-state index is 0.141. The Hall–Kier alpha value is -2.37. The van der Waals surface area contributed by atoms with Crippen molar-refractivity contribution >= 4 is 5.91 Å². The molecule has 2 N–H and O–H groups in total. The van der Waals surface area contributed by atoms with Crippen LogP contribution in [-0.4, -0.2) is 50.1 Å². The van der Waals surface area contributed by atoms with E-state index in [1.807, 2.05) is 29.2 Å². The molecule has 2 aromatic carbocycles. The smallest absolute Gasteiger partial charge is 0.239 e. The van der Waals surface area contributed by atoms with Gasteiger partial charge in [0.05, 0.1) is 13.2 Å². The van der Waals surface area contributed by atoms with Crippen LogP contribution in [0.4, 0.5) is 0 Å². The Morgan fingerprint density at radius 1 is 1.17 bits per heavy atom. The minimum Gasteiger partial charge on any atom is -0.496 e. The van der Waals surface area contributed by atoms with Crippen molar-refractivity contribution in [2.75, 3.05) is 33.3 Å². The first-order chi connectivity index (χ1) is 14.2. The summed E-state index contributed by atoms with van der Waals surface area (Å²) in [6.45, 7) is 5.19. The number of hydrogen-bond donors (Lipinski definition) is 2. The predicted octanol–water partition coefficient (Wildman–Crippen LogP) is 3.17. The van der Waals surface area contributed by atoms with Gasteiger partial charge in [-0.05, 0) is 36.5 Å². The summed E-state index contributed by atoms with van der Waals surface area (Å²) < 4.78 is 5.42. The van der Waals surface area contributed by atoms with Crippen molar-refractivity contribution in [1.29, 1.82) is 0 Å². The standard InChI is InChI=1S/C24H33N3O2/c1-3-21(25-15-13-20-11-7-8-12-23(20)29-2)24(28)27-17-14-22(26-16-18-27)19-9-5-4-6-10-19/h4-12,21-22,25-26H,3,13-18H2,1-2H3. The molecule has 156 valence electrons. The normalized spacial score (nSPS) is 18.1. The maximum absolute atomic E-state index is 13.1. The monoisotopic (exact) mass is 395 g/mol. The van der Waals surface area contributed by atoms with Crippen molar-refractivity contribution in [3.63, 3.8) is 0 Å². The average Bonchev–Trinajstić information content (AvgIpc) is 3.03. The van der Waals surface area contributed by atoms with Crippen molar-refractivity contribution in [2.45, 2.75) is 38.3 Å². The van der Waals surface area contributed by atoms with Crippen LogP contribution >= 0.6 is 0 Å². The number of nitrogens with one attached hydrogen (secondary N) is 2. The second-order valence-electron chi connectivity index (χ2n) is 7.51. The fourth-order valence-corrected chi connectivity index (χ4v) is 3.98. The number of nitrogens with zero attached hydrogens (tertiary/aromatic N) is 1. The zero-order valence-electron chi connectivity index (χ0n) is 17.6. The largest absolute Gasteiger partial charge is 0.496 e. The van der Waals surface area contributed by atoms with Crippen molar-refractivity contribution in [3.05, 3.63) is 65.7 Å². The van der Waals surface area contributed by atoms with Crippen LogP contribution in [0.1, 0.15) is 36.9 Å². The van der Waals surface area contributed by atoms with E-state index in [4.69, 9.17) is 4.74 Å². The van der Waals surface area contributed by atoms with Crippen molar-refractivity contribution in [2.24, 2.45) is 0 Å². The molecule has 2 unspecified atom stereocenters. The molecule has 1 heterocycles. The van der Waals surface area contributed by atoms with Crippen molar-refractivity contribution in [1.82, 2.24) is 15.5 Å². The molecule has 1 aliphatic heterocycles. The van der Waals surface area contributed by atoms with E-state index in [2.05, 4.69) is 47.9 Å². The highest BCUT2D eigenvalue weighted by atomic mass is 16.5. The van der Waals surface area contributed by atoms with Crippen LogP contribution in [-0.2, 0) is 11.2 Å². The molecule has 0 spiro atoms. The zero-order chi connectivity index (χ0) is 20.5. The van der Waals surface area contributed by atoms with Crippen molar-refractivity contribution < 1.29 is 9.53 Å². The highest BCUT2D eigenvalue weighted by molar-refractivity contribution is 5.81. The van der Waals surface area contributed by atoms with Gasteiger partial charge in [-0.1, -0.05) is 55.5 Å². The molecule has 3 rings (SSSR count). The molecule has 0 saturated carbocycles. The molecule has 2 atom stereocenters. The van der Waals surface area contributed by atoms with Gasteiger partial charge < -0.3 is 20.3 Å². The van der Waals surface area contributed by atoms with Gasteiger partial charge in [0.1, 0.15) is 5.75 Å². The van der Waals surface area contributed by atoms with E-state index in [1.54, 1.807) is 7.11 Å². The third-order valence-electron chi connectivity index (χ3n) is 5.66. The molecule has 0 aliphatic carbocycles. The number of para-hydroxylation sites is 1. The molecular weight excluding hydrogens is 362 g/mol. The van der Waals surface area contributed by atoms with E-state index in [1.165, 1.54) is 5.56 Å². The quantitative estimate of drug-likeness (QED) is 0.721. The summed E-state index contributed by atoms with van der Waals surface area (Å²) >= 11 is 0. The molecule has 5 heteroatoms. The lowest BCUT2D eigenvalue weighted by Gasteiger charge is -2.26. The number of rotatable bonds is 8. The Morgan fingerprint density at radius 3 is 2.69 bits per heavy atom. The molecule has 0 radical (unpaired) electrons. The van der Waals surface area contributed by atoms with Crippen LogP contribution in [0, 0.1) is 0 Å². The molecular formula is C24H33N3O2. The fraction of sp³-hybridized carbons (Fsp3) is 0.458. The Bertz CT molecular complexity index is 766. The van der Waals surface area contributed by atoms with Gasteiger partial charge in [-0.15, -0.1) is 0 Å². The summed E-state index contributed by atoms with van der Waals surface area (Å²) in [5, 5.41) is 7.05. The molecule has 0 aromatic heterocycles. The third kappa shape index (κ3) is 5.81. The number of benzene rings is 2. The summed E-state index contributed by atoms with van der Waals surface area (Å²) in [4.78, 5) is 15.1. The number of hydrogen-bond acceptors (Lipinski definition) is 4. The van der Waals surface area contributed by atoms with Crippen LogP contribution in [0.25, 0.3) is 0 Å². The van der Waals surface area contributed by atoms with Crippen LogP contribution in [0.2, 0.25) is 0 Å². The van der Waals surface area contributed by atoms with Gasteiger partial charge >= 0.3 is 0 Å². The van der Waals surface area contributed by atoms with Gasteiger partial charge in [-0.3, -0.25) is 4.79 Å². The second-order valence-corrected chi connectivity index (χ2v) is 7.51. The lowest BCUT2D eigenvalue weighted by atomic mass is 10.0. The van der Waals surface area contributed by atoms with Gasteiger partial charge in [-0.2, -0.15) is 0 Å². The van der Waals surface area contributed by atoms with Gasteiger partial charge in [0.2, 0.25) is 5.91 Å². The number of carbonyl (C=O) groups is 1.